The number of aryl methyl sites for hydroxylation is 1. The van der Waals surface area contributed by atoms with E-state index < -0.39 is 0 Å². The predicted octanol–water partition coefficient (Wildman–Crippen LogP) is 3.71. The normalized spacial score (nSPS) is 16.2. The number of thiocarbonyl (C=S) groups is 1. The zero-order valence-electron chi connectivity index (χ0n) is 10.7. The minimum Gasteiger partial charge on any atom is -0.349 e. The second kappa shape index (κ2) is 6.14. The Morgan fingerprint density at radius 2 is 1.89 bits per heavy atom. The molecule has 0 radical (unpaired) electrons. The lowest BCUT2D eigenvalue weighted by Gasteiger charge is -2.24. The molecule has 1 aliphatic heterocycles. The summed E-state index contributed by atoms with van der Waals surface area (Å²) in [5.41, 5.74) is 1.38. The Bertz CT molecular complexity index is 426. The van der Waals surface area contributed by atoms with Crippen molar-refractivity contribution >= 4 is 23.0 Å². The maximum Gasteiger partial charge on any atom is 0.173 e. The lowest BCUT2D eigenvalue weighted by molar-refractivity contribution is 0.441. The molecular weight excluding hydrogens is 247 g/mol. The monoisotopic (exact) mass is 266 g/mol. The summed E-state index contributed by atoms with van der Waals surface area (Å²) >= 11 is 5.38. The van der Waals surface area contributed by atoms with E-state index in [0.29, 0.717) is 10.7 Å². The van der Waals surface area contributed by atoms with Gasteiger partial charge >= 0.3 is 0 Å². The summed E-state index contributed by atoms with van der Waals surface area (Å²) in [6, 6.07) is 5.13. The van der Waals surface area contributed by atoms with Crippen molar-refractivity contribution in [1.29, 1.82) is 0 Å². The highest BCUT2D eigenvalue weighted by Gasteiger charge is 2.12. The number of hydrogen-bond acceptors (Lipinski definition) is 1. The highest BCUT2D eigenvalue weighted by atomic mass is 32.1. The van der Waals surface area contributed by atoms with Gasteiger partial charge in [0.05, 0.1) is 0 Å². The van der Waals surface area contributed by atoms with Gasteiger partial charge in [0, 0.05) is 18.8 Å². The van der Waals surface area contributed by atoms with Crippen LogP contribution in [0.1, 0.15) is 31.2 Å². The van der Waals surface area contributed by atoms with Gasteiger partial charge in [-0.25, -0.2) is 4.39 Å². The number of hydrogen-bond donors (Lipinski definition) is 1. The fourth-order valence-electron chi connectivity index (χ4n) is 2.15. The Kier molecular flexibility index (Phi) is 4.53. The molecule has 18 heavy (non-hydrogen) atoms. The third-order valence-corrected chi connectivity index (χ3v) is 3.68. The van der Waals surface area contributed by atoms with Crippen LogP contribution >= 0.6 is 12.2 Å². The van der Waals surface area contributed by atoms with Crippen molar-refractivity contribution in [3.63, 3.8) is 0 Å². The third-order valence-electron chi connectivity index (χ3n) is 3.32. The molecule has 1 aliphatic rings. The van der Waals surface area contributed by atoms with Gasteiger partial charge < -0.3 is 10.2 Å². The first-order valence-corrected chi connectivity index (χ1v) is 6.90. The number of halogens is 1. The van der Waals surface area contributed by atoms with Crippen molar-refractivity contribution in [2.24, 2.45) is 0 Å². The van der Waals surface area contributed by atoms with Crippen LogP contribution in [0.25, 0.3) is 0 Å². The Labute approximate surface area is 113 Å². The molecule has 2 nitrogen and oxygen atoms in total. The lowest BCUT2D eigenvalue weighted by atomic mass is 10.2. The van der Waals surface area contributed by atoms with Crippen LogP contribution in [0.3, 0.4) is 0 Å². The van der Waals surface area contributed by atoms with E-state index >= 15 is 0 Å². The van der Waals surface area contributed by atoms with Gasteiger partial charge in [0.15, 0.2) is 5.11 Å². The maximum absolute atomic E-state index is 13.4. The quantitative estimate of drug-likeness (QED) is 0.780. The molecule has 0 unspecified atom stereocenters. The second-order valence-corrected chi connectivity index (χ2v) is 5.18. The zero-order valence-corrected chi connectivity index (χ0v) is 11.5. The highest BCUT2D eigenvalue weighted by molar-refractivity contribution is 7.80. The average molecular weight is 266 g/mol. The first-order valence-electron chi connectivity index (χ1n) is 6.49. The largest absolute Gasteiger partial charge is 0.349 e. The van der Waals surface area contributed by atoms with E-state index in [1.165, 1.54) is 31.7 Å². The topological polar surface area (TPSA) is 15.3 Å². The van der Waals surface area contributed by atoms with Crippen molar-refractivity contribution in [2.45, 2.75) is 32.6 Å². The van der Waals surface area contributed by atoms with Gasteiger partial charge in [-0.1, -0.05) is 18.9 Å². The van der Waals surface area contributed by atoms with Crippen molar-refractivity contribution < 1.29 is 4.39 Å². The van der Waals surface area contributed by atoms with E-state index in [1.807, 2.05) is 6.07 Å². The van der Waals surface area contributed by atoms with Crippen LogP contribution in [-0.4, -0.2) is 23.1 Å². The molecule has 98 valence electrons. The van der Waals surface area contributed by atoms with Gasteiger partial charge in [0.25, 0.3) is 0 Å². The van der Waals surface area contributed by atoms with E-state index in [9.17, 15) is 4.39 Å². The molecule has 0 atom stereocenters. The molecule has 2 rings (SSSR count). The molecule has 1 saturated heterocycles. The van der Waals surface area contributed by atoms with Crippen LogP contribution in [-0.2, 0) is 0 Å². The van der Waals surface area contributed by atoms with E-state index in [1.54, 1.807) is 13.0 Å². The molecule has 1 aromatic carbocycles. The van der Waals surface area contributed by atoms with Crippen molar-refractivity contribution in [2.75, 3.05) is 18.4 Å². The molecule has 0 aliphatic carbocycles. The summed E-state index contributed by atoms with van der Waals surface area (Å²) in [6.45, 7) is 3.76. The summed E-state index contributed by atoms with van der Waals surface area (Å²) in [7, 11) is 0. The van der Waals surface area contributed by atoms with Gasteiger partial charge in [0.2, 0.25) is 0 Å². The molecule has 1 aromatic rings. The first-order chi connectivity index (χ1) is 8.66. The van der Waals surface area contributed by atoms with Gasteiger partial charge in [0.1, 0.15) is 5.82 Å². The van der Waals surface area contributed by atoms with E-state index in [-0.39, 0.29) is 5.82 Å². The lowest BCUT2D eigenvalue weighted by Crippen LogP contribution is -2.35. The van der Waals surface area contributed by atoms with Gasteiger partial charge in [-0.05, 0) is 49.7 Å². The minimum absolute atomic E-state index is 0.196. The van der Waals surface area contributed by atoms with Crippen LogP contribution in [0.5, 0.6) is 0 Å². The number of rotatable bonds is 1. The fourth-order valence-corrected chi connectivity index (χ4v) is 2.45. The van der Waals surface area contributed by atoms with E-state index in [4.69, 9.17) is 12.2 Å². The molecule has 0 spiro atoms. The summed E-state index contributed by atoms with van der Waals surface area (Å²) in [5, 5.41) is 3.83. The fraction of sp³-hybridized carbons (Fsp3) is 0.500. The number of benzene rings is 1. The molecule has 0 amide bonds. The van der Waals surface area contributed by atoms with Crippen LogP contribution in [0.15, 0.2) is 18.2 Å². The van der Waals surface area contributed by atoms with Crippen molar-refractivity contribution in [3.8, 4) is 0 Å². The minimum atomic E-state index is -0.196. The van der Waals surface area contributed by atoms with E-state index in [2.05, 4.69) is 10.2 Å². The summed E-state index contributed by atoms with van der Waals surface area (Å²) < 4.78 is 13.4. The standard InChI is InChI=1S/C14H19FN2S/c1-11-6-7-12(10-13(11)15)16-14(18)17-8-4-2-3-5-9-17/h6-7,10H,2-5,8-9H2,1H3,(H,16,18). The average Bonchev–Trinajstić information content (AvgIpc) is 2.62. The summed E-state index contributed by atoms with van der Waals surface area (Å²) in [5.74, 6) is -0.196. The Balaban J connectivity index is 1.99. The highest BCUT2D eigenvalue weighted by Crippen LogP contribution is 2.16. The smallest absolute Gasteiger partial charge is 0.173 e. The molecule has 4 heteroatoms. The summed E-state index contributed by atoms with van der Waals surface area (Å²) in [6.07, 6.45) is 4.92. The van der Waals surface area contributed by atoms with Crippen molar-refractivity contribution in [1.82, 2.24) is 4.90 Å². The van der Waals surface area contributed by atoms with Gasteiger partial charge in [-0.2, -0.15) is 0 Å². The molecule has 1 fully saturated rings. The predicted molar refractivity (Wildman–Crippen MR) is 77.4 cm³/mol. The molecule has 0 bridgehead atoms. The number of anilines is 1. The van der Waals surface area contributed by atoms with Crippen molar-refractivity contribution in [3.05, 3.63) is 29.6 Å². The molecular formula is C14H19FN2S. The van der Waals surface area contributed by atoms with Crippen LogP contribution in [0.2, 0.25) is 0 Å². The number of nitrogens with one attached hydrogen (secondary N) is 1. The van der Waals surface area contributed by atoms with Crippen LogP contribution < -0.4 is 5.32 Å². The molecule has 0 aromatic heterocycles. The second-order valence-electron chi connectivity index (χ2n) is 4.80. The number of likely N-dealkylation sites (tertiary alicyclic amines) is 1. The Morgan fingerprint density at radius 3 is 2.50 bits per heavy atom. The summed E-state index contributed by atoms with van der Waals surface area (Å²) in [4.78, 5) is 2.18. The Morgan fingerprint density at radius 1 is 1.22 bits per heavy atom. The van der Waals surface area contributed by atoms with Gasteiger partial charge in [-0.15, -0.1) is 0 Å². The number of nitrogens with zero attached hydrogens (tertiary/aromatic N) is 1. The van der Waals surface area contributed by atoms with Crippen LogP contribution in [0.4, 0.5) is 10.1 Å². The SMILES string of the molecule is Cc1ccc(NC(=S)N2CCCCCC2)cc1F. The maximum atomic E-state index is 13.4. The third kappa shape index (κ3) is 3.42. The molecule has 1 N–H and O–H groups in total. The molecule has 1 heterocycles. The molecule has 0 saturated carbocycles. The zero-order chi connectivity index (χ0) is 13.0. The van der Waals surface area contributed by atoms with E-state index in [0.717, 1.165) is 18.8 Å². The van der Waals surface area contributed by atoms with Crippen LogP contribution in [0, 0.1) is 12.7 Å². The Hall–Kier alpha value is -1.16. The first kappa shape index (κ1) is 13.3. The van der Waals surface area contributed by atoms with Gasteiger partial charge in [-0.3, -0.25) is 0 Å².